The van der Waals surface area contributed by atoms with Crippen LogP contribution >= 0.6 is 0 Å². The summed E-state index contributed by atoms with van der Waals surface area (Å²) in [6, 6.07) is 0. The van der Waals surface area contributed by atoms with E-state index in [4.69, 9.17) is 5.11 Å². The Morgan fingerprint density at radius 3 is 1.07 bits per heavy atom. The summed E-state index contributed by atoms with van der Waals surface area (Å²) in [5.41, 5.74) is 0. The normalized spacial score (nSPS) is 5.86. The number of carbonyl (C=O) groups is 1. The SMILES string of the molecule is CC(O)C(=O)[O-].[F-].[F-].[F-].[F-].[F-].[F-].[Ti+4].[Ti+4]. The zero-order chi connectivity index (χ0) is 5.15. The fraction of sp³-hybridized carbons (Fsp3) is 0.667. The summed E-state index contributed by atoms with van der Waals surface area (Å²) in [7, 11) is 0. The van der Waals surface area contributed by atoms with Crippen LogP contribution in [0.4, 0.5) is 0 Å². The molecular weight excluding hydrogens is 294 g/mol. The van der Waals surface area contributed by atoms with Crippen LogP contribution in [0.25, 0.3) is 0 Å². The molecule has 0 aliphatic carbocycles. The summed E-state index contributed by atoms with van der Waals surface area (Å²) in [5, 5.41) is 17.3. The molecule has 1 atom stereocenters. The quantitative estimate of drug-likeness (QED) is 0.386. The molecule has 14 heavy (non-hydrogen) atoms. The van der Waals surface area contributed by atoms with Gasteiger partial charge in [0.1, 0.15) is 0 Å². The Morgan fingerprint density at radius 1 is 1.00 bits per heavy atom. The minimum atomic E-state index is -1.44. The van der Waals surface area contributed by atoms with Gasteiger partial charge in [-0.25, -0.2) is 0 Å². The molecule has 1 unspecified atom stereocenters. The van der Waals surface area contributed by atoms with Gasteiger partial charge in [0, 0.05) is 0 Å². The zero-order valence-corrected chi connectivity index (χ0v) is 9.73. The number of aliphatic carboxylic acids is 1. The standard InChI is InChI=1S/C3H6O3.6FH.2Ti/c1-2(4)3(5)6;;;;;;;;/h2,4H,1H3,(H,5,6);6*1H;;/q;;;;;;;2*+4/p-7. The second kappa shape index (κ2) is 50.2. The summed E-state index contributed by atoms with van der Waals surface area (Å²) in [6.45, 7) is 1.13. The zero-order valence-electron chi connectivity index (χ0n) is 6.61. The number of carbonyl (C=O) groups excluding carboxylic acids is 1. The summed E-state index contributed by atoms with van der Waals surface area (Å²) >= 11 is 0. The summed E-state index contributed by atoms with van der Waals surface area (Å²) in [5.74, 6) is -1.44. The van der Waals surface area contributed by atoms with Gasteiger partial charge >= 0.3 is 43.4 Å². The number of hydrogen-bond donors (Lipinski definition) is 1. The largest absolute Gasteiger partial charge is 4.00 e. The van der Waals surface area contributed by atoms with Crippen molar-refractivity contribution in [3.8, 4) is 0 Å². The first kappa shape index (κ1) is 88.2. The van der Waals surface area contributed by atoms with Crippen LogP contribution in [0.1, 0.15) is 6.92 Å². The van der Waals surface area contributed by atoms with Crippen molar-refractivity contribution in [2.75, 3.05) is 0 Å². The van der Waals surface area contributed by atoms with Gasteiger partial charge in [0.05, 0.1) is 12.1 Å². The molecule has 0 aromatic carbocycles. The molecule has 11 heteroatoms. The third-order valence-corrected chi connectivity index (χ3v) is 0.341. The van der Waals surface area contributed by atoms with Crippen LogP contribution in [0.3, 0.4) is 0 Å². The third kappa shape index (κ3) is 82.6. The van der Waals surface area contributed by atoms with Gasteiger partial charge in [0.2, 0.25) is 0 Å². The molecule has 0 heterocycles. The maximum atomic E-state index is 9.34. The van der Waals surface area contributed by atoms with E-state index < -0.39 is 12.1 Å². The van der Waals surface area contributed by atoms with E-state index in [-0.39, 0.29) is 71.7 Å². The van der Waals surface area contributed by atoms with Crippen LogP contribution in [0.2, 0.25) is 0 Å². The molecule has 0 bridgehead atoms. The van der Waals surface area contributed by atoms with Crippen molar-refractivity contribution < 1.29 is 86.7 Å². The molecule has 84 valence electrons. The van der Waals surface area contributed by atoms with E-state index in [2.05, 4.69) is 0 Å². The predicted molar refractivity (Wildman–Crippen MR) is 16.7 cm³/mol. The van der Waals surface area contributed by atoms with Crippen molar-refractivity contribution in [1.29, 1.82) is 0 Å². The number of aliphatic hydroxyl groups is 1. The number of carboxylic acids is 1. The molecular formula is C3H5F6O3Ti2+. The Hall–Kier alpha value is 0.439. The molecule has 0 spiro atoms. The van der Waals surface area contributed by atoms with E-state index in [0.29, 0.717) is 0 Å². The molecule has 0 radical (unpaired) electrons. The van der Waals surface area contributed by atoms with Gasteiger partial charge in [-0.1, -0.05) is 0 Å². The Morgan fingerprint density at radius 2 is 1.07 bits per heavy atom. The molecule has 0 aromatic rings. The molecule has 0 saturated heterocycles. The van der Waals surface area contributed by atoms with Crippen molar-refractivity contribution in [3.63, 3.8) is 0 Å². The Balaban J connectivity index is -0.00000000446. The van der Waals surface area contributed by atoms with Crippen molar-refractivity contribution in [2.45, 2.75) is 13.0 Å². The van der Waals surface area contributed by atoms with E-state index in [1.165, 1.54) is 0 Å². The molecule has 0 amide bonds. The molecule has 0 aliphatic rings. The molecule has 0 saturated carbocycles. The van der Waals surface area contributed by atoms with Crippen LogP contribution in [-0.2, 0) is 48.2 Å². The number of aliphatic hydroxyl groups excluding tert-OH is 1. The minimum Gasteiger partial charge on any atom is -1.00 e. The molecule has 0 aliphatic heterocycles. The average molecular weight is 299 g/mol. The maximum Gasteiger partial charge on any atom is 4.00 e. The molecule has 1 N–H and O–H groups in total. The van der Waals surface area contributed by atoms with E-state index in [9.17, 15) is 9.90 Å². The minimum absolute atomic E-state index is 0. The first-order chi connectivity index (χ1) is 2.64. The molecule has 0 aromatic heterocycles. The van der Waals surface area contributed by atoms with Crippen LogP contribution in [-0.4, -0.2) is 17.2 Å². The summed E-state index contributed by atoms with van der Waals surface area (Å²) in [4.78, 5) is 9.34. The second-order valence-electron chi connectivity index (χ2n) is 0.995. The van der Waals surface area contributed by atoms with Gasteiger partial charge in [-0.15, -0.1) is 0 Å². The van der Waals surface area contributed by atoms with Gasteiger partial charge in [-0.3, -0.25) is 0 Å². The average Bonchev–Trinajstić information content (AvgIpc) is 1.36. The van der Waals surface area contributed by atoms with Crippen molar-refractivity contribution in [2.24, 2.45) is 0 Å². The Labute approximate surface area is 106 Å². The maximum absolute atomic E-state index is 9.34. The van der Waals surface area contributed by atoms with Crippen LogP contribution < -0.4 is 33.3 Å². The first-order valence-electron chi connectivity index (χ1n) is 1.53. The van der Waals surface area contributed by atoms with Gasteiger partial charge in [-0.2, -0.15) is 0 Å². The number of halogens is 6. The topological polar surface area (TPSA) is 60.4 Å². The molecule has 0 fully saturated rings. The van der Waals surface area contributed by atoms with Crippen molar-refractivity contribution in [3.05, 3.63) is 0 Å². The van der Waals surface area contributed by atoms with E-state index in [1.807, 2.05) is 0 Å². The van der Waals surface area contributed by atoms with Gasteiger partial charge in [-0.05, 0) is 6.92 Å². The van der Waals surface area contributed by atoms with E-state index in [1.54, 1.807) is 0 Å². The number of hydrogen-bond acceptors (Lipinski definition) is 3. The molecule has 0 rings (SSSR count). The number of carboxylic acid groups (broad SMARTS) is 1. The van der Waals surface area contributed by atoms with E-state index in [0.717, 1.165) is 6.92 Å². The van der Waals surface area contributed by atoms with Gasteiger partial charge < -0.3 is 43.2 Å². The number of rotatable bonds is 1. The first-order valence-corrected chi connectivity index (χ1v) is 1.53. The van der Waals surface area contributed by atoms with Crippen LogP contribution in [0.5, 0.6) is 0 Å². The fourth-order valence-corrected chi connectivity index (χ4v) is 0. The van der Waals surface area contributed by atoms with Gasteiger partial charge in [0.15, 0.2) is 0 Å². The second-order valence-corrected chi connectivity index (χ2v) is 0.995. The fourth-order valence-electron chi connectivity index (χ4n) is 0. The van der Waals surface area contributed by atoms with Crippen molar-refractivity contribution >= 4 is 5.97 Å². The predicted octanol–water partition coefficient (Wildman–Crippen LogP) is -19.9. The van der Waals surface area contributed by atoms with Crippen molar-refractivity contribution in [1.82, 2.24) is 0 Å². The summed E-state index contributed by atoms with van der Waals surface area (Å²) in [6.07, 6.45) is -1.34. The van der Waals surface area contributed by atoms with Crippen LogP contribution in [0.15, 0.2) is 0 Å². The van der Waals surface area contributed by atoms with E-state index >= 15 is 0 Å². The Kier molecular flexibility index (Phi) is 316. The summed E-state index contributed by atoms with van der Waals surface area (Å²) < 4.78 is 0. The molecule has 3 nitrogen and oxygen atoms in total. The van der Waals surface area contributed by atoms with Crippen LogP contribution in [0, 0.1) is 0 Å². The third-order valence-electron chi connectivity index (χ3n) is 0.341. The smallest absolute Gasteiger partial charge is 1.00 e. The van der Waals surface area contributed by atoms with Gasteiger partial charge in [0.25, 0.3) is 0 Å². The Bertz CT molecular complexity index is 77.3. The monoisotopic (exact) mass is 299 g/mol.